The van der Waals surface area contributed by atoms with Crippen molar-refractivity contribution in [1.82, 2.24) is 15.5 Å². The lowest BCUT2D eigenvalue weighted by Crippen LogP contribution is -2.46. The molecule has 0 aromatic carbocycles. The summed E-state index contributed by atoms with van der Waals surface area (Å²) >= 11 is 0. The molecule has 7 nitrogen and oxygen atoms in total. The molecule has 2 aliphatic rings. The Morgan fingerprint density at radius 3 is 2.55 bits per heavy atom. The van der Waals surface area contributed by atoms with E-state index in [9.17, 15) is 14.4 Å². The van der Waals surface area contributed by atoms with Gasteiger partial charge in [0.1, 0.15) is 0 Å². The first kappa shape index (κ1) is 14.8. The number of nitrogens with zero attached hydrogens (tertiary/aromatic N) is 1. The van der Waals surface area contributed by atoms with Crippen LogP contribution in [-0.2, 0) is 9.59 Å². The first-order valence-electron chi connectivity index (χ1n) is 7.22. The van der Waals surface area contributed by atoms with E-state index in [-0.39, 0.29) is 24.3 Å². The predicted molar refractivity (Wildman–Crippen MR) is 72.7 cm³/mol. The first-order chi connectivity index (χ1) is 9.59. The molecule has 2 fully saturated rings. The molecule has 1 aliphatic carbocycles. The normalized spacial score (nSPS) is 24.2. The molecule has 112 valence electrons. The summed E-state index contributed by atoms with van der Waals surface area (Å²) in [4.78, 5) is 36.3. The van der Waals surface area contributed by atoms with Gasteiger partial charge in [-0.3, -0.25) is 14.5 Å². The van der Waals surface area contributed by atoms with Gasteiger partial charge in [-0.15, -0.1) is 0 Å². The van der Waals surface area contributed by atoms with Crippen molar-refractivity contribution >= 4 is 17.8 Å². The van der Waals surface area contributed by atoms with Crippen LogP contribution >= 0.6 is 0 Å². The smallest absolute Gasteiger partial charge is 0.312 e. The molecule has 1 aliphatic heterocycles. The van der Waals surface area contributed by atoms with Crippen LogP contribution in [0.5, 0.6) is 0 Å². The van der Waals surface area contributed by atoms with E-state index in [1.165, 1.54) is 11.3 Å². The highest BCUT2D eigenvalue weighted by molar-refractivity contribution is 6.05. The molecule has 0 spiro atoms. The Balaban J connectivity index is 1.83. The molecule has 4 amide bonds. The summed E-state index contributed by atoms with van der Waals surface area (Å²) in [5, 5.41) is 5.44. The molecular weight excluding hydrogens is 260 g/mol. The van der Waals surface area contributed by atoms with Crippen LogP contribution in [0.2, 0.25) is 0 Å². The lowest BCUT2D eigenvalue weighted by molar-refractivity contribution is -0.142. The van der Waals surface area contributed by atoms with E-state index in [1.54, 1.807) is 0 Å². The number of imide groups is 1. The SMILES string of the molecule is NC(=O)NCCNC1CC(=O)N(C2CCCCC2)C1=O. The van der Waals surface area contributed by atoms with Gasteiger partial charge in [0.2, 0.25) is 11.8 Å². The average Bonchev–Trinajstić information content (AvgIpc) is 2.70. The van der Waals surface area contributed by atoms with Crippen molar-refractivity contribution in [2.45, 2.75) is 50.6 Å². The van der Waals surface area contributed by atoms with Gasteiger partial charge in [-0.25, -0.2) is 4.79 Å². The molecule has 1 heterocycles. The topological polar surface area (TPSA) is 105 Å². The van der Waals surface area contributed by atoms with E-state index in [1.807, 2.05) is 0 Å². The van der Waals surface area contributed by atoms with Crippen molar-refractivity contribution in [3.8, 4) is 0 Å². The van der Waals surface area contributed by atoms with Crippen molar-refractivity contribution in [2.75, 3.05) is 13.1 Å². The van der Waals surface area contributed by atoms with Gasteiger partial charge in [-0.2, -0.15) is 0 Å². The quantitative estimate of drug-likeness (QED) is 0.476. The minimum Gasteiger partial charge on any atom is -0.352 e. The van der Waals surface area contributed by atoms with E-state index in [0.717, 1.165) is 25.7 Å². The molecule has 0 aromatic rings. The summed E-state index contributed by atoms with van der Waals surface area (Å²) in [7, 11) is 0. The second-order valence-electron chi connectivity index (χ2n) is 5.40. The molecule has 20 heavy (non-hydrogen) atoms. The van der Waals surface area contributed by atoms with Gasteiger partial charge < -0.3 is 16.4 Å². The van der Waals surface area contributed by atoms with E-state index in [2.05, 4.69) is 10.6 Å². The summed E-state index contributed by atoms with van der Waals surface area (Å²) in [6, 6.07) is -0.970. The number of primary amides is 1. The maximum Gasteiger partial charge on any atom is 0.312 e. The standard InChI is InChI=1S/C13H22N4O3/c14-13(20)16-7-6-15-10-8-11(18)17(12(10)19)9-4-2-1-3-5-9/h9-10,15H,1-8H2,(H3,14,16,20). The lowest BCUT2D eigenvalue weighted by atomic mass is 9.94. The Morgan fingerprint density at radius 1 is 1.20 bits per heavy atom. The van der Waals surface area contributed by atoms with Crippen LogP contribution in [0.25, 0.3) is 0 Å². The van der Waals surface area contributed by atoms with Crippen molar-refractivity contribution in [2.24, 2.45) is 5.73 Å². The monoisotopic (exact) mass is 282 g/mol. The number of nitrogens with two attached hydrogens (primary N) is 1. The number of carbonyl (C=O) groups is 3. The Hall–Kier alpha value is -1.63. The van der Waals surface area contributed by atoms with Crippen LogP contribution in [0.1, 0.15) is 38.5 Å². The van der Waals surface area contributed by atoms with Crippen LogP contribution < -0.4 is 16.4 Å². The van der Waals surface area contributed by atoms with Crippen LogP contribution in [-0.4, -0.2) is 47.9 Å². The second kappa shape index (κ2) is 6.69. The van der Waals surface area contributed by atoms with Gasteiger partial charge in [0.05, 0.1) is 12.5 Å². The maximum atomic E-state index is 12.3. The van der Waals surface area contributed by atoms with Crippen LogP contribution in [0.4, 0.5) is 4.79 Å². The predicted octanol–water partition coefficient (Wildman–Crippen LogP) is -0.296. The Labute approximate surface area is 118 Å². The third-order valence-electron chi connectivity index (χ3n) is 3.94. The number of amides is 4. The van der Waals surface area contributed by atoms with Gasteiger partial charge >= 0.3 is 6.03 Å². The number of rotatable bonds is 5. The highest BCUT2D eigenvalue weighted by Gasteiger charge is 2.42. The fourth-order valence-corrected chi connectivity index (χ4v) is 2.97. The Morgan fingerprint density at radius 2 is 1.90 bits per heavy atom. The highest BCUT2D eigenvalue weighted by atomic mass is 16.2. The highest BCUT2D eigenvalue weighted by Crippen LogP contribution is 2.27. The van der Waals surface area contributed by atoms with Crippen LogP contribution in [0, 0.1) is 0 Å². The van der Waals surface area contributed by atoms with E-state index in [0.29, 0.717) is 13.1 Å². The van der Waals surface area contributed by atoms with Gasteiger partial charge in [-0.05, 0) is 12.8 Å². The average molecular weight is 282 g/mol. The van der Waals surface area contributed by atoms with Gasteiger partial charge in [0.15, 0.2) is 0 Å². The summed E-state index contributed by atoms with van der Waals surface area (Å²) < 4.78 is 0. The maximum absolute atomic E-state index is 12.3. The van der Waals surface area contributed by atoms with Crippen molar-refractivity contribution in [1.29, 1.82) is 0 Å². The zero-order valence-corrected chi connectivity index (χ0v) is 11.6. The molecule has 0 bridgehead atoms. The number of urea groups is 1. The van der Waals surface area contributed by atoms with Gasteiger partial charge in [-0.1, -0.05) is 19.3 Å². The van der Waals surface area contributed by atoms with Gasteiger partial charge in [0.25, 0.3) is 0 Å². The molecule has 2 rings (SSSR count). The number of likely N-dealkylation sites (tertiary alicyclic amines) is 1. The summed E-state index contributed by atoms with van der Waals surface area (Å²) in [6.45, 7) is 0.766. The van der Waals surface area contributed by atoms with Crippen molar-refractivity contribution < 1.29 is 14.4 Å². The summed E-state index contributed by atoms with van der Waals surface area (Å²) in [5.41, 5.74) is 4.95. The van der Waals surface area contributed by atoms with E-state index < -0.39 is 12.1 Å². The summed E-state index contributed by atoms with van der Waals surface area (Å²) in [6.07, 6.45) is 5.42. The minimum atomic E-state index is -0.593. The summed E-state index contributed by atoms with van der Waals surface area (Å²) in [5.74, 6) is -0.205. The van der Waals surface area contributed by atoms with Crippen LogP contribution in [0.15, 0.2) is 0 Å². The molecule has 1 saturated carbocycles. The van der Waals surface area contributed by atoms with Gasteiger partial charge in [0, 0.05) is 19.1 Å². The fourth-order valence-electron chi connectivity index (χ4n) is 2.97. The van der Waals surface area contributed by atoms with E-state index in [4.69, 9.17) is 5.73 Å². The molecule has 1 unspecified atom stereocenters. The second-order valence-corrected chi connectivity index (χ2v) is 5.40. The number of carbonyl (C=O) groups excluding carboxylic acids is 3. The van der Waals surface area contributed by atoms with E-state index >= 15 is 0 Å². The lowest BCUT2D eigenvalue weighted by Gasteiger charge is -2.29. The van der Waals surface area contributed by atoms with Crippen molar-refractivity contribution in [3.05, 3.63) is 0 Å². The molecule has 4 N–H and O–H groups in total. The number of nitrogens with one attached hydrogen (secondary N) is 2. The third-order valence-corrected chi connectivity index (χ3v) is 3.94. The molecule has 1 atom stereocenters. The molecule has 0 radical (unpaired) electrons. The molecule has 0 aromatic heterocycles. The zero-order valence-electron chi connectivity index (χ0n) is 11.6. The Kier molecular flexibility index (Phi) is 4.94. The number of hydrogen-bond acceptors (Lipinski definition) is 4. The zero-order chi connectivity index (χ0) is 14.5. The third kappa shape index (κ3) is 3.47. The van der Waals surface area contributed by atoms with Crippen LogP contribution in [0.3, 0.4) is 0 Å². The molecular formula is C13H22N4O3. The minimum absolute atomic E-state index is 0.0812. The number of hydrogen-bond donors (Lipinski definition) is 3. The largest absolute Gasteiger partial charge is 0.352 e. The first-order valence-corrected chi connectivity index (χ1v) is 7.22. The molecule has 1 saturated heterocycles. The fraction of sp³-hybridized carbons (Fsp3) is 0.769. The Bertz CT molecular complexity index is 393. The van der Waals surface area contributed by atoms with Crippen molar-refractivity contribution in [3.63, 3.8) is 0 Å². The molecule has 7 heteroatoms.